The van der Waals surface area contributed by atoms with Crippen molar-refractivity contribution < 1.29 is 14.3 Å². The molecule has 0 aliphatic carbocycles. The highest BCUT2D eigenvalue weighted by Crippen LogP contribution is 2.22. The zero-order valence-electron chi connectivity index (χ0n) is 13.8. The van der Waals surface area contributed by atoms with Crippen LogP contribution in [0.3, 0.4) is 0 Å². The Morgan fingerprint density at radius 2 is 1.88 bits per heavy atom. The number of hydrogen-bond donors (Lipinski definition) is 1. The summed E-state index contributed by atoms with van der Waals surface area (Å²) in [5, 5.41) is 3.65. The monoisotopic (exact) mass is 377 g/mol. The molecule has 0 radical (unpaired) electrons. The number of hydrogen-bond acceptors (Lipinski definition) is 3. The van der Waals surface area contributed by atoms with E-state index in [0.717, 1.165) is 5.56 Å². The van der Waals surface area contributed by atoms with Crippen LogP contribution in [0.2, 0.25) is 10.0 Å². The van der Waals surface area contributed by atoms with Crippen molar-refractivity contribution in [3.63, 3.8) is 0 Å². The Kier molecular flexibility index (Phi) is 6.62. The third kappa shape index (κ3) is 5.62. The fraction of sp³-hybridized carbons (Fsp3) is 0.158. The minimum atomic E-state index is -0.933. The number of carbonyl (C=O) groups excluding carboxylic acids is 2. The Morgan fingerprint density at radius 3 is 2.56 bits per heavy atom. The van der Waals surface area contributed by atoms with Crippen LogP contribution in [0.5, 0.6) is 0 Å². The molecule has 0 unspecified atom stereocenters. The zero-order valence-corrected chi connectivity index (χ0v) is 15.3. The lowest BCUT2D eigenvalue weighted by Gasteiger charge is -2.13. The average molecular weight is 378 g/mol. The molecule has 0 saturated carbocycles. The summed E-state index contributed by atoms with van der Waals surface area (Å²) in [7, 11) is 0. The van der Waals surface area contributed by atoms with Crippen molar-refractivity contribution in [3.05, 3.63) is 69.7 Å². The Morgan fingerprint density at radius 1 is 1.16 bits per heavy atom. The van der Waals surface area contributed by atoms with Gasteiger partial charge in [0, 0.05) is 21.8 Å². The van der Waals surface area contributed by atoms with Gasteiger partial charge in [-0.25, -0.2) is 4.79 Å². The Labute approximate surface area is 156 Å². The maximum atomic E-state index is 12.1. The fourth-order valence-corrected chi connectivity index (χ4v) is 2.48. The molecular weight excluding hydrogens is 361 g/mol. The number of nitrogens with one attached hydrogen (secondary N) is 1. The normalized spacial score (nSPS) is 12.0. The highest BCUT2D eigenvalue weighted by Gasteiger charge is 2.17. The molecule has 1 atom stereocenters. The maximum Gasteiger partial charge on any atom is 0.331 e. The summed E-state index contributed by atoms with van der Waals surface area (Å²) in [6.45, 7) is 3.39. The molecule has 0 bridgehead atoms. The number of anilines is 1. The summed E-state index contributed by atoms with van der Waals surface area (Å²) in [6.07, 6.45) is 1.79. The molecule has 4 nitrogen and oxygen atoms in total. The van der Waals surface area contributed by atoms with Crippen LogP contribution in [-0.2, 0) is 14.3 Å². The molecule has 0 heterocycles. The van der Waals surface area contributed by atoms with Crippen LogP contribution in [0.4, 0.5) is 5.69 Å². The molecular formula is C19H17Cl2NO3. The second kappa shape index (κ2) is 8.70. The van der Waals surface area contributed by atoms with Crippen LogP contribution in [0.15, 0.2) is 48.5 Å². The molecule has 0 spiro atoms. The molecule has 1 N–H and O–H groups in total. The molecule has 0 saturated heterocycles. The van der Waals surface area contributed by atoms with E-state index in [4.69, 9.17) is 27.9 Å². The van der Waals surface area contributed by atoms with Gasteiger partial charge in [0.25, 0.3) is 5.91 Å². The fourth-order valence-electron chi connectivity index (χ4n) is 2.01. The lowest BCUT2D eigenvalue weighted by Crippen LogP contribution is -2.29. The number of benzene rings is 2. The Hall–Kier alpha value is -2.30. The van der Waals surface area contributed by atoms with Crippen molar-refractivity contribution in [2.75, 3.05) is 5.32 Å². The summed E-state index contributed by atoms with van der Waals surface area (Å²) >= 11 is 11.8. The highest BCUT2D eigenvalue weighted by atomic mass is 35.5. The van der Waals surface area contributed by atoms with E-state index in [2.05, 4.69) is 5.32 Å². The standard InChI is InChI=1S/C19H17Cl2NO3/c1-12-5-3-4-6-17(12)22-19(24)13(2)25-18(23)10-8-14-7-9-15(20)11-16(14)21/h3-11,13H,1-2H3,(H,22,24)/b10-8+/t13-/m0/s1. The lowest BCUT2D eigenvalue weighted by atomic mass is 10.2. The van der Waals surface area contributed by atoms with Crippen molar-refractivity contribution >= 4 is 46.8 Å². The summed E-state index contributed by atoms with van der Waals surface area (Å²) in [5.74, 6) is -1.04. The molecule has 1 amide bonds. The van der Waals surface area contributed by atoms with Gasteiger partial charge in [0.05, 0.1) is 0 Å². The number of carbonyl (C=O) groups is 2. The first-order valence-corrected chi connectivity index (χ1v) is 8.32. The van der Waals surface area contributed by atoms with Crippen LogP contribution in [-0.4, -0.2) is 18.0 Å². The number of para-hydroxylation sites is 1. The number of aryl methyl sites for hydroxylation is 1. The van der Waals surface area contributed by atoms with E-state index < -0.39 is 18.0 Å². The summed E-state index contributed by atoms with van der Waals surface area (Å²) in [4.78, 5) is 24.0. The molecule has 0 aliphatic heterocycles. The van der Waals surface area contributed by atoms with Crippen LogP contribution in [0.25, 0.3) is 6.08 Å². The van der Waals surface area contributed by atoms with E-state index in [-0.39, 0.29) is 0 Å². The second-order valence-electron chi connectivity index (χ2n) is 5.38. The van der Waals surface area contributed by atoms with Gasteiger partial charge in [-0.2, -0.15) is 0 Å². The Balaban J connectivity index is 1.94. The minimum Gasteiger partial charge on any atom is -0.449 e. The van der Waals surface area contributed by atoms with Crippen molar-refractivity contribution in [2.45, 2.75) is 20.0 Å². The van der Waals surface area contributed by atoms with Crippen molar-refractivity contribution in [1.29, 1.82) is 0 Å². The molecule has 0 fully saturated rings. The van der Waals surface area contributed by atoms with Crippen LogP contribution in [0, 0.1) is 6.92 Å². The molecule has 2 aromatic carbocycles. The zero-order chi connectivity index (χ0) is 18.4. The third-order valence-corrected chi connectivity index (χ3v) is 3.99. The topological polar surface area (TPSA) is 55.4 Å². The molecule has 130 valence electrons. The second-order valence-corrected chi connectivity index (χ2v) is 6.23. The van der Waals surface area contributed by atoms with Gasteiger partial charge in [0.15, 0.2) is 6.10 Å². The average Bonchev–Trinajstić information content (AvgIpc) is 2.56. The number of amides is 1. The van der Waals surface area contributed by atoms with E-state index in [0.29, 0.717) is 21.3 Å². The van der Waals surface area contributed by atoms with Crippen molar-refractivity contribution in [1.82, 2.24) is 0 Å². The van der Waals surface area contributed by atoms with Gasteiger partial charge in [-0.3, -0.25) is 4.79 Å². The van der Waals surface area contributed by atoms with Gasteiger partial charge in [0.1, 0.15) is 0 Å². The van der Waals surface area contributed by atoms with E-state index in [1.807, 2.05) is 25.1 Å². The smallest absolute Gasteiger partial charge is 0.331 e. The summed E-state index contributed by atoms with van der Waals surface area (Å²) < 4.78 is 5.10. The van der Waals surface area contributed by atoms with E-state index >= 15 is 0 Å². The SMILES string of the molecule is Cc1ccccc1NC(=O)[C@H](C)OC(=O)/C=C/c1ccc(Cl)cc1Cl. The Bertz CT molecular complexity index is 818. The predicted molar refractivity (Wildman–Crippen MR) is 101 cm³/mol. The van der Waals surface area contributed by atoms with Crippen molar-refractivity contribution in [2.24, 2.45) is 0 Å². The predicted octanol–water partition coefficient (Wildman–Crippen LogP) is 4.89. The number of halogens is 2. The highest BCUT2D eigenvalue weighted by molar-refractivity contribution is 6.35. The van der Waals surface area contributed by atoms with Crippen LogP contribution in [0.1, 0.15) is 18.1 Å². The first-order valence-electron chi connectivity index (χ1n) is 7.57. The number of ether oxygens (including phenoxy) is 1. The molecule has 0 aromatic heterocycles. The quantitative estimate of drug-likeness (QED) is 0.596. The van der Waals surface area contributed by atoms with Crippen LogP contribution < -0.4 is 5.32 Å². The largest absolute Gasteiger partial charge is 0.449 e. The van der Waals surface area contributed by atoms with Gasteiger partial charge in [-0.05, 0) is 49.2 Å². The minimum absolute atomic E-state index is 0.402. The summed E-state index contributed by atoms with van der Waals surface area (Å²) in [6, 6.07) is 12.3. The first kappa shape index (κ1) is 19.0. The summed E-state index contributed by atoms with van der Waals surface area (Å²) in [5.41, 5.74) is 2.23. The first-order chi connectivity index (χ1) is 11.9. The molecule has 6 heteroatoms. The van der Waals surface area contributed by atoms with Gasteiger partial charge in [0.2, 0.25) is 0 Å². The van der Waals surface area contributed by atoms with Gasteiger partial charge in [-0.1, -0.05) is 47.5 Å². The molecule has 2 aromatic rings. The lowest BCUT2D eigenvalue weighted by molar-refractivity contribution is -0.148. The maximum absolute atomic E-state index is 12.1. The molecule has 2 rings (SSSR count). The number of rotatable bonds is 5. The van der Waals surface area contributed by atoms with E-state index in [1.165, 1.54) is 19.1 Å². The molecule has 0 aliphatic rings. The van der Waals surface area contributed by atoms with Gasteiger partial charge in [-0.15, -0.1) is 0 Å². The van der Waals surface area contributed by atoms with Crippen LogP contribution >= 0.6 is 23.2 Å². The van der Waals surface area contributed by atoms with Gasteiger partial charge < -0.3 is 10.1 Å². The van der Waals surface area contributed by atoms with Gasteiger partial charge >= 0.3 is 5.97 Å². The van der Waals surface area contributed by atoms with Crippen molar-refractivity contribution in [3.8, 4) is 0 Å². The molecule has 25 heavy (non-hydrogen) atoms. The number of esters is 1. The van der Waals surface area contributed by atoms with E-state index in [1.54, 1.807) is 24.3 Å². The van der Waals surface area contributed by atoms with E-state index in [9.17, 15) is 9.59 Å². The third-order valence-electron chi connectivity index (χ3n) is 3.43.